The molecule has 0 aromatic carbocycles. The molecule has 1 atom stereocenters. The molecule has 0 aromatic rings. The molecule has 116 valence electrons. The molecule has 4 heteroatoms. The Morgan fingerprint density at radius 2 is 1.70 bits per heavy atom. The second-order valence-electron chi connectivity index (χ2n) is 5.17. The van der Waals surface area contributed by atoms with Crippen LogP contribution in [0.2, 0.25) is 0 Å². The average Bonchev–Trinajstić information content (AvgIpc) is 2.43. The van der Waals surface area contributed by atoms with Crippen molar-refractivity contribution in [3.63, 3.8) is 0 Å². The van der Waals surface area contributed by atoms with E-state index in [-0.39, 0.29) is 18.4 Å². The lowest BCUT2D eigenvalue weighted by Gasteiger charge is -2.12. The van der Waals surface area contributed by atoms with E-state index in [9.17, 15) is 9.59 Å². The standard InChI is InChI=1S/C16H29NO3/c1-3-5-6-7-8-9-10-11-14(16(17)19)12-13-20-15(18)4-2/h4,14H,2-3,5-13H2,1H3,(H2,17,19). The summed E-state index contributed by atoms with van der Waals surface area (Å²) in [6, 6.07) is 0. The number of nitrogens with two attached hydrogens (primary N) is 1. The first kappa shape index (κ1) is 18.7. The van der Waals surface area contributed by atoms with Crippen LogP contribution in [0.5, 0.6) is 0 Å². The third-order valence-electron chi connectivity index (χ3n) is 3.44. The van der Waals surface area contributed by atoms with Crippen LogP contribution >= 0.6 is 0 Å². The minimum atomic E-state index is -0.454. The van der Waals surface area contributed by atoms with Crippen molar-refractivity contribution in [1.29, 1.82) is 0 Å². The second-order valence-corrected chi connectivity index (χ2v) is 5.17. The summed E-state index contributed by atoms with van der Waals surface area (Å²) < 4.78 is 4.88. The zero-order valence-corrected chi connectivity index (χ0v) is 12.7. The van der Waals surface area contributed by atoms with Crippen LogP contribution in [-0.4, -0.2) is 18.5 Å². The van der Waals surface area contributed by atoms with Gasteiger partial charge in [0.1, 0.15) is 0 Å². The topological polar surface area (TPSA) is 69.4 Å². The van der Waals surface area contributed by atoms with E-state index in [4.69, 9.17) is 10.5 Å². The molecule has 0 saturated heterocycles. The van der Waals surface area contributed by atoms with Crippen LogP contribution in [0, 0.1) is 5.92 Å². The monoisotopic (exact) mass is 283 g/mol. The number of esters is 1. The largest absolute Gasteiger partial charge is 0.463 e. The predicted octanol–water partition coefficient (Wildman–Crippen LogP) is 3.35. The molecule has 0 aliphatic heterocycles. The van der Waals surface area contributed by atoms with Crippen LogP contribution < -0.4 is 5.73 Å². The molecule has 1 amide bonds. The molecule has 1 unspecified atom stereocenters. The van der Waals surface area contributed by atoms with Crippen LogP contribution in [0.3, 0.4) is 0 Å². The Hall–Kier alpha value is -1.32. The highest BCUT2D eigenvalue weighted by Gasteiger charge is 2.15. The summed E-state index contributed by atoms with van der Waals surface area (Å²) in [5.41, 5.74) is 5.37. The minimum Gasteiger partial charge on any atom is -0.463 e. The SMILES string of the molecule is C=CC(=O)OCCC(CCCCCCCCC)C(N)=O. The molecule has 4 nitrogen and oxygen atoms in total. The molecule has 2 N–H and O–H groups in total. The number of ether oxygens (including phenoxy) is 1. The second kappa shape index (κ2) is 12.7. The Balaban J connectivity index is 3.67. The Bertz CT molecular complexity index is 289. The van der Waals surface area contributed by atoms with Gasteiger partial charge < -0.3 is 10.5 Å². The molecule has 20 heavy (non-hydrogen) atoms. The van der Waals surface area contributed by atoms with Gasteiger partial charge in [-0.05, 0) is 12.8 Å². The van der Waals surface area contributed by atoms with E-state index in [1.54, 1.807) is 0 Å². The molecule has 0 fully saturated rings. The normalized spacial score (nSPS) is 11.8. The van der Waals surface area contributed by atoms with Crippen molar-refractivity contribution in [3.05, 3.63) is 12.7 Å². The molecular formula is C16H29NO3. The van der Waals surface area contributed by atoms with Crippen LogP contribution in [0.25, 0.3) is 0 Å². The maximum atomic E-state index is 11.3. The number of rotatable bonds is 13. The van der Waals surface area contributed by atoms with Crippen molar-refractivity contribution in [3.8, 4) is 0 Å². The highest BCUT2D eigenvalue weighted by molar-refractivity contribution is 5.81. The van der Waals surface area contributed by atoms with Gasteiger partial charge in [-0.15, -0.1) is 0 Å². The maximum Gasteiger partial charge on any atom is 0.330 e. The molecule has 0 bridgehead atoms. The molecule has 0 aromatic heterocycles. The van der Waals surface area contributed by atoms with Gasteiger partial charge in [0.15, 0.2) is 0 Å². The van der Waals surface area contributed by atoms with E-state index in [0.717, 1.165) is 25.3 Å². The summed E-state index contributed by atoms with van der Waals surface area (Å²) in [6.07, 6.45) is 10.9. The van der Waals surface area contributed by atoms with E-state index in [1.165, 1.54) is 32.1 Å². The first-order valence-corrected chi connectivity index (χ1v) is 7.70. The van der Waals surface area contributed by atoms with Gasteiger partial charge in [-0.1, -0.05) is 58.4 Å². The van der Waals surface area contributed by atoms with E-state index < -0.39 is 5.97 Å². The number of hydrogen-bond donors (Lipinski definition) is 1. The Kier molecular flexibility index (Phi) is 11.9. The number of amides is 1. The van der Waals surface area contributed by atoms with Gasteiger partial charge in [-0.25, -0.2) is 4.79 Å². The van der Waals surface area contributed by atoms with Gasteiger partial charge in [-0.3, -0.25) is 4.79 Å². The highest BCUT2D eigenvalue weighted by atomic mass is 16.5. The van der Waals surface area contributed by atoms with Gasteiger partial charge in [-0.2, -0.15) is 0 Å². The fourth-order valence-electron chi connectivity index (χ4n) is 2.14. The fourth-order valence-corrected chi connectivity index (χ4v) is 2.14. The molecule has 0 aliphatic carbocycles. The summed E-state index contributed by atoms with van der Waals surface area (Å²) in [4.78, 5) is 22.2. The number of carbonyl (C=O) groups excluding carboxylic acids is 2. The van der Waals surface area contributed by atoms with E-state index in [0.29, 0.717) is 6.42 Å². The highest BCUT2D eigenvalue weighted by Crippen LogP contribution is 2.15. The minimum absolute atomic E-state index is 0.191. The summed E-state index contributed by atoms with van der Waals surface area (Å²) in [6.45, 7) is 5.75. The van der Waals surface area contributed by atoms with Gasteiger partial charge in [0.05, 0.1) is 6.61 Å². The molecule has 0 aliphatic rings. The van der Waals surface area contributed by atoms with E-state index in [1.807, 2.05) is 0 Å². The Labute approximate surface area is 122 Å². The smallest absolute Gasteiger partial charge is 0.330 e. The lowest BCUT2D eigenvalue weighted by Crippen LogP contribution is -2.25. The lowest BCUT2D eigenvalue weighted by atomic mass is 9.97. The quantitative estimate of drug-likeness (QED) is 0.320. The molecule has 0 rings (SSSR count). The van der Waals surface area contributed by atoms with E-state index >= 15 is 0 Å². The first-order valence-electron chi connectivity index (χ1n) is 7.70. The van der Waals surface area contributed by atoms with Crippen LogP contribution in [0.1, 0.15) is 64.7 Å². The van der Waals surface area contributed by atoms with Crippen molar-refractivity contribution in [1.82, 2.24) is 0 Å². The Morgan fingerprint density at radius 3 is 2.25 bits per heavy atom. The maximum absolute atomic E-state index is 11.3. The molecule has 0 spiro atoms. The van der Waals surface area contributed by atoms with Gasteiger partial charge in [0.25, 0.3) is 0 Å². The molecular weight excluding hydrogens is 254 g/mol. The van der Waals surface area contributed by atoms with Gasteiger partial charge >= 0.3 is 5.97 Å². The summed E-state index contributed by atoms with van der Waals surface area (Å²) in [5, 5.41) is 0. The number of unbranched alkanes of at least 4 members (excludes halogenated alkanes) is 6. The predicted molar refractivity (Wildman–Crippen MR) is 81.1 cm³/mol. The fraction of sp³-hybridized carbons (Fsp3) is 0.750. The number of hydrogen-bond acceptors (Lipinski definition) is 3. The third-order valence-corrected chi connectivity index (χ3v) is 3.44. The van der Waals surface area contributed by atoms with Crippen molar-refractivity contribution in [2.45, 2.75) is 64.7 Å². The summed E-state index contributed by atoms with van der Waals surface area (Å²) in [5.74, 6) is -0.946. The zero-order chi connectivity index (χ0) is 15.2. The number of primary amides is 1. The van der Waals surface area contributed by atoms with Crippen molar-refractivity contribution >= 4 is 11.9 Å². The number of carbonyl (C=O) groups is 2. The van der Waals surface area contributed by atoms with Crippen molar-refractivity contribution in [2.24, 2.45) is 11.7 Å². The third kappa shape index (κ3) is 10.6. The Morgan fingerprint density at radius 1 is 1.10 bits per heavy atom. The summed E-state index contributed by atoms with van der Waals surface area (Å²) in [7, 11) is 0. The first-order chi connectivity index (χ1) is 9.61. The molecule has 0 radical (unpaired) electrons. The van der Waals surface area contributed by atoms with Gasteiger partial charge in [0, 0.05) is 12.0 Å². The zero-order valence-electron chi connectivity index (χ0n) is 12.7. The average molecular weight is 283 g/mol. The van der Waals surface area contributed by atoms with Gasteiger partial charge in [0.2, 0.25) is 5.91 Å². The molecule has 0 heterocycles. The van der Waals surface area contributed by atoms with Crippen molar-refractivity contribution in [2.75, 3.05) is 6.61 Å². The van der Waals surface area contributed by atoms with Crippen LogP contribution in [0.4, 0.5) is 0 Å². The van der Waals surface area contributed by atoms with Crippen LogP contribution in [-0.2, 0) is 14.3 Å². The summed E-state index contributed by atoms with van der Waals surface area (Å²) >= 11 is 0. The van der Waals surface area contributed by atoms with E-state index in [2.05, 4.69) is 13.5 Å². The van der Waals surface area contributed by atoms with Crippen LogP contribution in [0.15, 0.2) is 12.7 Å². The van der Waals surface area contributed by atoms with Crippen molar-refractivity contribution < 1.29 is 14.3 Å². The molecule has 0 saturated carbocycles. The lowest BCUT2D eigenvalue weighted by molar-refractivity contribution is -0.139.